The Kier molecular flexibility index (Phi) is 4.45. The van der Waals surface area contributed by atoms with Crippen LogP contribution in [0.1, 0.15) is 23.7 Å². The summed E-state index contributed by atoms with van der Waals surface area (Å²) in [6.45, 7) is 3.94. The van der Waals surface area contributed by atoms with Gasteiger partial charge < -0.3 is 4.90 Å². The first-order valence-corrected chi connectivity index (χ1v) is 10.7. The molecule has 5 rings (SSSR count). The van der Waals surface area contributed by atoms with Crippen molar-refractivity contribution in [1.29, 1.82) is 0 Å². The highest BCUT2D eigenvalue weighted by atomic mass is 32.1. The third-order valence-corrected chi connectivity index (χ3v) is 6.66. The highest BCUT2D eigenvalue weighted by Gasteiger charge is 2.27. The molecule has 1 aliphatic heterocycles. The zero-order valence-corrected chi connectivity index (χ0v) is 17.2. The van der Waals surface area contributed by atoms with E-state index in [9.17, 15) is 0 Å². The molecule has 1 aliphatic rings. The van der Waals surface area contributed by atoms with Crippen molar-refractivity contribution in [2.24, 2.45) is 0 Å². The number of thiazole rings is 1. The zero-order chi connectivity index (χ0) is 19.1. The Hall–Kier alpha value is -2.57. The van der Waals surface area contributed by atoms with Crippen molar-refractivity contribution in [1.82, 2.24) is 14.5 Å². The van der Waals surface area contributed by atoms with E-state index in [2.05, 4.69) is 51.9 Å². The quantitative estimate of drug-likeness (QED) is 0.421. The molecule has 0 spiro atoms. The number of aromatic nitrogens is 3. The smallest absolute Gasteiger partial charge is 0.168 e. The molecule has 0 N–H and O–H groups in total. The molecule has 0 amide bonds. The Balaban J connectivity index is 1.59. The van der Waals surface area contributed by atoms with Crippen LogP contribution in [0, 0.1) is 10.9 Å². The van der Waals surface area contributed by atoms with Gasteiger partial charge in [-0.1, -0.05) is 59.9 Å². The summed E-state index contributed by atoms with van der Waals surface area (Å²) < 4.78 is 3.95. The van der Waals surface area contributed by atoms with Crippen LogP contribution in [0.25, 0.3) is 16.0 Å². The summed E-state index contributed by atoms with van der Waals surface area (Å²) in [5.41, 5.74) is 3.36. The number of benzene rings is 2. The molecular formula is C22H20N4S2. The maximum atomic E-state index is 5.71. The van der Waals surface area contributed by atoms with E-state index in [4.69, 9.17) is 22.2 Å². The van der Waals surface area contributed by atoms with Crippen LogP contribution in [0.5, 0.6) is 0 Å². The molecule has 0 radical (unpaired) electrons. The van der Waals surface area contributed by atoms with Crippen LogP contribution in [0.3, 0.4) is 0 Å². The van der Waals surface area contributed by atoms with Crippen LogP contribution < -0.4 is 4.90 Å². The molecule has 0 unspecified atom stereocenters. The van der Waals surface area contributed by atoms with E-state index >= 15 is 0 Å². The summed E-state index contributed by atoms with van der Waals surface area (Å²) >= 11 is 7.31. The minimum atomic E-state index is 0.538. The van der Waals surface area contributed by atoms with Gasteiger partial charge in [0.05, 0.1) is 0 Å². The fourth-order valence-corrected chi connectivity index (χ4v) is 5.36. The number of nitrogens with zero attached hydrogens (tertiary/aromatic N) is 4. The standard InChI is InChI=1S/C22H20N4S2/c1-15-23-20(25-13-12-17(14-25)16-8-4-2-5-9-16)19-21(24-15)26(22(27)28-19)18-10-6-3-7-11-18/h2-11,17H,12-14H2,1H3/t17-/m0/s1. The van der Waals surface area contributed by atoms with Crippen molar-refractivity contribution in [3.8, 4) is 5.69 Å². The average molecular weight is 405 g/mol. The van der Waals surface area contributed by atoms with E-state index < -0.39 is 0 Å². The van der Waals surface area contributed by atoms with E-state index in [0.717, 1.165) is 51.1 Å². The fraction of sp³-hybridized carbons (Fsp3) is 0.227. The van der Waals surface area contributed by atoms with Gasteiger partial charge in [0.1, 0.15) is 10.5 Å². The average Bonchev–Trinajstić information content (AvgIpc) is 3.33. The van der Waals surface area contributed by atoms with Gasteiger partial charge in [-0.05, 0) is 43.3 Å². The molecule has 4 nitrogen and oxygen atoms in total. The van der Waals surface area contributed by atoms with Crippen molar-refractivity contribution in [3.63, 3.8) is 0 Å². The van der Waals surface area contributed by atoms with E-state index in [1.165, 1.54) is 5.56 Å². The highest BCUT2D eigenvalue weighted by Crippen LogP contribution is 2.36. The summed E-state index contributed by atoms with van der Waals surface area (Å²) in [6, 6.07) is 21.0. The molecule has 2 aromatic carbocycles. The van der Waals surface area contributed by atoms with Gasteiger partial charge in [0.2, 0.25) is 0 Å². The third-order valence-electron chi connectivity index (χ3n) is 5.30. The molecule has 1 fully saturated rings. The minimum absolute atomic E-state index is 0.538. The van der Waals surface area contributed by atoms with Gasteiger partial charge in [0, 0.05) is 24.7 Å². The van der Waals surface area contributed by atoms with Gasteiger partial charge >= 0.3 is 0 Å². The molecule has 140 valence electrons. The number of aryl methyl sites for hydroxylation is 1. The van der Waals surface area contributed by atoms with E-state index in [-0.39, 0.29) is 0 Å². The second kappa shape index (κ2) is 7.11. The molecule has 2 aromatic heterocycles. The molecule has 4 aromatic rings. The largest absolute Gasteiger partial charge is 0.355 e. The summed E-state index contributed by atoms with van der Waals surface area (Å²) in [7, 11) is 0. The minimum Gasteiger partial charge on any atom is -0.355 e. The maximum absolute atomic E-state index is 5.71. The van der Waals surface area contributed by atoms with Gasteiger partial charge in [-0.25, -0.2) is 9.97 Å². The van der Waals surface area contributed by atoms with Crippen LogP contribution in [0.2, 0.25) is 0 Å². The van der Waals surface area contributed by atoms with Gasteiger partial charge in [0.25, 0.3) is 0 Å². The molecule has 1 atom stereocenters. The molecule has 0 bridgehead atoms. The Morgan fingerprint density at radius 3 is 2.46 bits per heavy atom. The normalized spacial score (nSPS) is 16.8. The van der Waals surface area contributed by atoms with Crippen molar-refractivity contribution >= 4 is 39.7 Å². The molecule has 0 saturated carbocycles. The lowest BCUT2D eigenvalue weighted by Gasteiger charge is -2.19. The molecule has 1 saturated heterocycles. The maximum Gasteiger partial charge on any atom is 0.168 e. The Labute approximate surface area is 173 Å². The molecule has 3 heterocycles. The second-order valence-electron chi connectivity index (χ2n) is 7.13. The van der Waals surface area contributed by atoms with Crippen LogP contribution in [-0.2, 0) is 0 Å². The van der Waals surface area contributed by atoms with E-state index in [1.54, 1.807) is 11.3 Å². The number of anilines is 1. The highest BCUT2D eigenvalue weighted by molar-refractivity contribution is 7.73. The van der Waals surface area contributed by atoms with E-state index in [1.807, 2.05) is 25.1 Å². The number of hydrogen-bond donors (Lipinski definition) is 0. The van der Waals surface area contributed by atoms with Gasteiger partial charge in [-0.3, -0.25) is 4.57 Å². The monoisotopic (exact) mass is 404 g/mol. The van der Waals surface area contributed by atoms with Crippen molar-refractivity contribution in [2.75, 3.05) is 18.0 Å². The van der Waals surface area contributed by atoms with Crippen molar-refractivity contribution < 1.29 is 0 Å². The topological polar surface area (TPSA) is 34.0 Å². The van der Waals surface area contributed by atoms with Crippen LogP contribution >= 0.6 is 23.6 Å². The Bertz CT molecular complexity index is 1180. The zero-order valence-electron chi connectivity index (χ0n) is 15.6. The number of para-hydroxylation sites is 1. The fourth-order valence-electron chi connectivity index (χ4n) is 3.96. The Morgan fingerprint density at radius 2 is 1.71 bits per heavy atom. The predicted molar refractivity (Wildman–Crippen MR) is 118 cm³/mol. The van der Waals surface area contributed by atoms with Crippen LogP contribution in [0.15, 0.2) is 60.7 Å². The van der Waals surface area contributed by atoms with Gasteiger partial charge in [-0.15, -0.1) is 0 Å². The summed E-state index contributed by atoms with van der Waals surface area (Å²) in [5, 5.41) is 0. The number of fused-ring (bicyclic) bond motifs is 1. The number of hydrogen-bond acceptors (Lipinski definition) is 5. The molecule has 6 heteroatoms. The van der Waals surface area contributed by atoms with Crippen molar-refractivity contribution in [2.45, 2.75) is 19.3 Å². The first-order valence-electron chi connectivity index (χ1n) is 9.46. The van der Waals surface area contributed by atoms with Gasteiger partial charge in [-0.2, -0.15) is 0 Å². The molecular weight excluding hydrogens is 384 g/mol. The van der Waals surface area contributed by atoms with Crippen LogP contribution in [0.4, 0.5) is 5.82 Å². The Morgan fingerprint density at radius 1 is 1.00 bits per heavy atom. The lowest BCUT2D eigenvalue weighted by Crippen LogP contribution is -2.21. The van der Waals surface area contributed by atoms with E-state index in [0.29, 0.717) is 5.92 Å². The van der Waals surface area contributed by atoms with Crippen LogP contribution in [-0.4, -0.2) is 27.6 Å². The lowest BCUT2D eigenvalue weighted by molar-refractivity contribution is 0.774. The van der Waals surface area contributed by atoms with Gasteiger partial charge in [0.15, 0.2) is 15.4 Å². The summed E-state index contributed by atoms with van der Waals surface area (Å²) in [4.78, 5) is 12.0. The SMILES string of the molecule is Cc1nc(N2CC[C@H](c3ccccc3)C2)c2sc(=S)n(-c3ccccc3)c2n1. The lowest BCUT2D eigenvalue weighted by atomic mass is 9.99. The second-order valence-corrected chi connectivity index (χ2v) is 8.77. The third kappa shape index (κ3) is 3.02. The molecule has 28 heavy (non-hydrogen) atoms. The molecule has 0 aliphatic carbocycles. The first-order chi connectivity index (χ1) is 13.7. The summed E-state index contributed by atoms with van der Waals surface area (Å²) in [5.74, 6) is 2.34. The summed E-state index contributed by atoms with van der Waals surface area (Å²) in [6.07, 6.45) is 1.14. The van der Waals surface area contributed by atoms with Crippen molar-refractivity contribution in [3.05, 3.63) is 76.0 Å². The first kappa shape index (κ1) is 17.5. The predicted octanol–water partition coefficient (Wildman–Crippen LogP) is 5.51. The number of rotatable bonds is 3.